The average molecular weight is 579 g/mol. The molecule has 196 valence electrons. The zero-order valence-electron chi connectivity index (χ0n) is 20.5. The van der Waals surface area contributed by atoms with Crippen LogP contribution < -0.4 is 4.74 Å². The fourth-order valence-corrected chi connectivity index (χ4v) is 4.00. The van der Waals surface area contributed by atoms with Crippen LogP contribution in [0.1, 0.15) is 36.6 Å². The van der Waals surface area contributed by atoms with Gasteiger partial charge in [-0.25, -0.2) is 9.07 Å². The number of pyridine rings is 1. The zero-order chi connectivity index (χ0) is 27.3. The Bertz CT molecular complexity index is 1410. The van der Waals surface area contributed by atoms with Crippen molar-refractivity contribution in [2.24, 2.45) is 7.05 Å². The fraction of sp³-hybridized carbons (Fsp3) is 0.292. The van der Waals surface area contributed by atoms with E-state index in [0.717, 1.165) is 23.7 Å². The molecule has 4 aromatic rings. The number of benzene rings is 1. The fourth-order valence-electron chi connectivity index (χ4n) is 3.69. The van der Waals surface area contributed by atoms with Crippen molar-refractivity contribution in [3.63, 3.8) is 0 Å². The predicted molar refractivity (Wildman–Crippen MR) is 135 cm³/mol. The van der Waals surface area contributed by atoms with Crippen LogP contribution in [0.25, 0.3) is 11.3 Å². The molecule has 1 atom stereocenters. The molecule has 0 unspecified atom stereocenters. The summed E-state index contributed by atoms with van der Waals surface area (Å²) in [6, 6.07) is 5.37. The second-order valence-electron chi connectivity index (χ2n) is 7.96. The van der Waals surface area contributed by atoms with Crippen LogP contribution in [-0.4, -0.2) is 41.7 Å². The molecule has 0 radical (unpaired) electrons. The molecule has 0 aliphatic carbocycles. The summed E-state index contributed by atoms with van der Waals surface area (Å²) in [5, 5.41) is 29.0. The van der Waals surface area contributed by atoms with Crippen molar-refractivity contribution in [3.05, 3.63) is 85.8 Å². The van der Waals surface area contributed by atoms with Gasteiger partial charge in [0.25, 0.3) is 0 Å². The lowest BCUT2D eigenvalue weighted by Gasteiger charge is -2.12. The number of methoxy groups -OCH3 is 1. The summed E-state index contributed by atoms with van der Waals surface area (Å²) in [5.41, 5.74) is 3.76. The van der Waals surface area contributed by atoms with Crippen molar-refractivity contribution in [3.8, 4) is 17.1 Å². The van der Waals surface area contributed by atoms with Gasteiger partial charge in [-0.15, -0.1) is 0 Å². The first-order valence-corrected chi connectivity index (χ1v) is 11.9. The molecule has 10 nitrogen and oxygen atoms in total. The number of nitrogens with zero attached hydrogens (tertiary/aromatic N) is 6. The molecule has 0 spiro atoms. The van der Waals surface area contributed by atoms with Gasteiger partial charge >= 0.3 is 5.82 Å². The van der Waals surface area contributed by atoms with E-state index in [-0.39, 0.29) is 0 Å². The largest absolute Gasteiger partial charge is 0.481 e. The van der Waals surface area contributed by atoms with Crippen molar-refractivity contribution < 1.29 is 23.5 Å². The van der Waals surface area contributed by atoms with Crippen LogP contribution in [0.4, 0.5) is 14.6 Å². The van der Waals surface area contributed by atoms with E-state index in [4.69, 9.17) is 4.74 Å². The van der Waals surface area contributed by atoms with E-state index in [2.05, 4.69) is 31.1 Å². The van der Waals surface area contributed by atoms with Crippen LogP contribution in [0.5, 0.6) is 5.88 Å². The Kier molecular flexibility index (Phi) is 9.05. The first-order valence-electron chi connectivity index (χ1n) is 11.1. The van der Waals surface area contributed by atoms with Crippen LogP contribution in [-0.2, 0) is 20.0 Å². The van der Waals surface area contributed by atoms with E-state index < -0.39 is 28.5 Å². The minimum Gasteiger partial charge on any atom is -0.481 e. The number of halogens is 3. The summed E-state index contributed by atoms with van der Waals surface area (Å²) < 4.78 is 35.7. The van der Waals surface area contributed by atoms with Gasteiger partial charge in [-0.2, -0.15) is 14.6 Å². The minimum absolute atomic E-state index is 0.376. The van der Waals surface area contributed by atoms with E-state index in [0.29, 0.717) is 33.6 Å². The van der Waals surface area contributed by atoms with E-state index in [9.17, 15) is 24.0 Å². The molecule has 0 amide bonds. The highest BCUT2D eigenvalue weighted by Crippen LogP contribution is 2.36. The summed E-state index contributed by atoms with van der Waals surface area (Å²) >= 11 is 2.92. The lowest BCUT2D eigenvalue weighted by atomic mass is 9.96. The Balaban J connectivity index is 0.000000289. The summed E-state index contributed by atoms with van der Waals surface area (Å²) in [6.07, 6.45) is 4.73. The third kappa shape index (κ3) is 6.54. The van der Waals surface area contributed by atoms with E-state index >= 15 is 0 Å². The molecule has 0 fully saturated rings. The lowest BCUT2D eigenvalue weighted by Crippen LogP contribution is -1.99. The highest BCUT2D eigenvalue weighted by atomic mass is 79.9. The number of nitro groups is 1. The Morgan fingerprint density at radius 2 is 2.00 bits per heavy atom. The van der Waals surface area contributed by atoms with Gasteiger partial charge in [0.05, 0.1) is 23.9 Å². The molecule has 0 saturated carbocycles. The van der Waals surface area contributed by atoms with Crippen molar-refractivity contribution >= 4 is 21.7 Å². The van der Waals surface area contributed by atoms with Gasteiger partial charge in [-0.3, -0.25) is 4.68 Å². The first-order chi connectivity index (χ1) is 17.5. The maximum atomic E-state index is 13.7. The molecule has 13 heteroatoms. The Morgan fingerprint density at radius 1 is 1.27 bits per heavy atom. The van der Waals surface area contributed by atoms with Gasteiger partial charge in [0.15, 0.2) is 6.20 Å². The number of aliphatic hydroxyl groups excluding tert-OH is 1. The Morgan fingerprint density at radius 3 is 2.57 bits per heavy atom. The maximum Gasteiger partial charge on any atom is 0.399 e. The summed E-state index contributed by atoms with van der Waals surface area (Å²) in [7, 11) is 3.40. The highest BCUT2D eigenvalue weighted by molar-refractivity contribution is 9.10. The lowest BCUT2D eigenvalue weighted by molar-refractivity contribution is -0.392. The van der Waals surface area contributed by atoms with E-state index in [1.165, 1.54) is 18.3 Å². The van der Waals surface area contributed by atoms with Crippen LogP contribution in [0.3, 0.4) is 0 Å². The van der Waals surface area contributed by atoms with Crippen molar-refractivity contribution in [1.29, 1.82) is 0 Å². The number of ether oxygens (including phenoxy) is 1. The average Bonchev–Trinajstić information content (AvgIpc) is 3.42. The molecule has 3 aromatic heterocycles. The number of aliphatic hydroxyl groups is 1. The molecule has 0 saturated heterocycles. The van der Waals surface area contributed by atoms with Crippen LogP contribution in [0, 0.1) is 21.7 Å². The molecule has 0 bridgehead atoms. The molecule has 37 heavy (non-hydrogen) atoms. The van der Waals surface area contributed by atoms with E-state index in [1.807, 2.05) is 24.0 Å². The predicted octanol–water partition coefficient (Wildman–Crippen LogP) is 4.99. The molecule has 0 aliphatic rings. The standard InChI is InChI=1S/C19H23FN4O2.C5H2BrFN2O2/c1-5-24-11-13(10-21-24)8-17-18(22-23(3)19(17)26-4)15-7-6-14(20)9-16(15)12(2)25;6-3-1-4(7)5(8-2-3)9(10)11/h6-7,9-12,25H,5,8H2,1-4H3;1-2H/t12-;/m1./s1. The molecule has 1 N–H and O–H groups in total. The number of aromatic nitrogens is 5. The van der Waals surface area contributed by atoms with Gasteiger partial charge in [0, 0.05) is 43.4 Å². The third-order valence-corrected chi connectivity index (χ3v) is 5.79. The smallest absolute Gasteiger partial charge is 0.399 e. The van der Waals surface area contributed by atoms with Gasteiger partial charge in [0.2, 0.25) is 11.7 Å². The van der Waals surface area contributed by atoms with Gasteiger partial charge < -0.3 is 20.0 Å². The van der Waals surface area contributed by atoms with Gasteiger partial charge in [0.1, 0.15) is 11.5 Å². The normalized spacial score (nSPS) is 11.6. The highest BCUT2D eigenvalue weighted by Gasteiger charge is 2.23. The molecule has 4 rings (SSSR count). The quantitative estimate of drug-likeness (QED) is 0.242. The SMILES string of the molecule is CCn1cc(Cc2c(-c3ccc(F)cc3[C@@H](C)O)nn(C)c2OC)cn1.O=[N+]([O-])c1ncc(Br)cc1F. The summed E-state index contributed by atoms with van der Waals surface area (Å²) in [6.45, 7) is 4.44. The number of aryl methyl sites for hydroxylation is 2. The minimum atomic E-state index is -0.940. The molecular formula is C24H25BrF2N6O4. The zero-order valence-corrected chi connectivity index (χ0v) is 22.1. The molecule has 3 heterocycles. The summed E-state index contributed by atoms with van der Waals surface area (Å²) in [5.74, 6) is -1.46. The maximum absolute atomic E-state index is 13.7. The third-order valence-electron chi connectivity index (χ3n) is 5.35. The van der Waals surface area contributed by atoms with Gasteiger partial charge in [-0.1, -0.05) is 0 Å². The number of hydrogen-bond donors (Lipinski definition) is 1. The van der Waals surface area contributed by atoms with Crippen molar-refractivity contribution in [2.75, 3.05) is 7.11 Å². The first kappa shape index (κ1) is 27.9. The van der Waals surface area contributed by atoms with Crippen LogP contribution >= 0.6 is 15.9 Å². The Labute approximate surface area is 219 Å². The second kappa shape index (κ2) is 12.0. The summed E-state index contributed by atoms with van der Waals surface area (Å²) in [4.78, 5) is 12.4. The number of rotatable bonds is 7. The number of hydrogen-bond acceptors (Lipinski definition) is 7. The topological polar surface area (TPSA) is 121 Å². The Hall–Kier alpha value is -3.71. The van der Waals surface area contributed by atoms with E-state index in [1.54, 1.807) is 31.8 Å². The molecular weight excluding hydrogens is 554 g/mol. The monoisotopic (exact) mass is 578 g/mol. The van der Waals surface area contributed by atoms with Crippen molar-refractivity contribution in [1.82, 2.24) is 24.5 Å². The van der Waals surface area contributed by atoms with Crippen LogP contribution in [0.15, 0.2) is 47.3 Å². The van der Waals surface area contributed by atoms with Crippen molar-refractivity contribution in [2.45, 2.75) is 32.9 Å². The van der Waals surface area contributed by atoms with Gasteiger partial charge in [-0.05, 0) is 69.0 Å². The molecule has 1 aromatic carbocycles. The van der Waals surface area contributed by atoms with Crippen LogP contribution in [0.2, 0.25) is 0 Å². The molecule has 0 aliphatic heterocycles. The second-order valence-corrected chi connectivity index (χ2v) is 8.88.